The summed E-state index contributed by atoms with van der Waals surface area (Å²) in [6.07, 6.45) is 4.54. The van der Waals surface area contributed by atoms with E-state index in [0.717, 1.165) is 25.7 Å². The van der Waals surface area contributed by atoms with Gasteiger partial charge in [-0.15, -0.1) is 69.1 Å². The maximum atomic E-state index is 2.65. The van der Waals surface area contributed by atoms with Gasteiger partial charge >= 0.3 is 37.7 Å². The molecule has 0 bridgehead atoms. The fourth-order valence-electron chi connectivity index (χ4n) is 8.05. The van der Waals surface area contributed by atoms with Gasteiger partial charge in [0.25, 0.3) is 0 Å². The molecule has 0 radical (unpaired) electrons. The van der Waals surface area contributed by atoms with Gasteiger partial charge in [-0.25, -0.2) is 0 Å². The van der Waals surface area contributed by atoms with E-state index in [1.165, 1.54) is 54.9 Å². The molecular weight excluding hydrogens is 594 g/mol. The van der Waals surface area contributed by atoms with Gasteiger partial charge in [-0.05, 0) is 45.9 Å². The maximum Gasteiger partial charge on any atom is 1.00 e. The molecule has 0 fully saturated rings. The van der Waals surface area contributed by atoms with Crippen LogP contribution in [0.5, 0.6) is 0 Å². The molecule has 3 heteroatoms. The number of rotatable bonds is 8. The van der Waals surface area contributed by atoms with Gasteiger partial charge in [0.15, 0.2) is 0 Å². The van der Waals surface area contributed by atoms with Crippen LogP contribution in [0.1, 0.15) is 90.5 Å². The number of hydrogen-bond acceptors (Lipinski definition) is 0. The summed E-state index contributed by atoms with van der Waals surface area (Å²) in [6.45, 7) is 23.8. The number of aryl methyl sites for hydroxylation is 2. The molecule has 6 aromatic carbocycles. The fourth-order valence-corrected chi connectivity index (χ4v) is 12.1. The van der Waals surface area contributed by atoms with Crippen molar-refractivity contribution in [2.24, 2.45) is 0 Å². The Labute approximate surface area is 322 Å². The average molecular weight is 649 g/mol. The van der Waals surface area contributed by atoms with Crippen molar-refractivity contribution >= 4 is 40.0 Å². The summed E-state index contributed by atoms with van der Waals surface area (Å²) in [5.74, 6) is 0. The summed E-state index contributed by atoms with van der Waals surface area (Å²) in [6, 6.07) is 37.9. The molecule has 0 spiro atoms. The van der Waals surface area contributed by atoms with Crippen LogP contribution in [0, 0.1) is 0 Å². The predicted molar refractivity (Wildman–Crippen MR) is 212 cm³/mol. The molecule has 0 saturated carbocycles. The molecule has 0 aliphatic heterocycles. The van der Waals surface area contributed by atoms with E-state index >= 15 is 0 Å². The Balaban J connectivity index is 0.00000270. The largest absolute Gasteiger partial charge is 1.00 e. The summed E-state index contributed by atoms with van der Waals surface area (Å²) in [7, 11) is -2.25. The Kier molecular flexibility index (Phi) is 12.0. The van der Waals surface area contributed by atoms with Gasteiger partial charge in [0, 0.05) is 8.07 Å². The zero-order valence-corrected chi connectivity index (χ0v) is 33.6. The zero-order chi connectivity index (χ0) is 33.7. The average Bonchev–Trinajstić information content (AvgIpc) is 3.59. The second-order valence-corrected chi connectivity index (χ2v) is 20.7. The van der Waals surface area contributed by atoms with Crippen LogP contribution in [-0.4, -0.2) is 8.07 Å². The third-order valence-corrected chi connectivity index (χ3v) is 14.0. The van der Waals surface area contributed by atoms with E-state index in [-0.39, 0.29) is 48.6 Å². The van der Waals surface area contributed by atoms with Gasteiger partial charge in [0.05, 0.1) is 0 Å². The third kappa shape index (κ3) is 7.45. The molecule has 0 amide bonds. The van der Waals surface area contributed by atoms with E-state index < -0.39 is 8.07 Å². The standard InChI is InChI=1S/C46H54Si.2Li/c1-11-15-35-29-33-17-13-19-39(31-21-25-37(26-22-31)45(3,4)5)41(33)43(35)47(9,10)44-36(16-12-2)30-34-18-14-20-40(42(34)44)32-23-27-38(28-24-32)46(6,7)8;;/h13-14,17-30H,11-12,15-16H2,1-10H3;;/q-2;2*+1. The molecular formula is C46H54Li2Si. The molecule has 0 heterocycles. The summed E-state index contributed by atoms with van der Waals surface area (Å²) < 4.78 is 0. The molecule has 0 N–H and O–H groups in total. The Bertz CT molecular complexity index is 1870. The van der Waals surface area contributed by atoms with Gasteiger partial charge < -0.3 is 0 Å². The fraction of sp³-hybridized carbons (Fsp3) is 0.348. The molecule has 0 aromatic heterocycles. The van der Waals surface area contributed by atoms with Crippen molar-refractivity contribution in [1.29, 1.82) is 0 Å². The quantitative estimate of drug-likeness (QED) is 0.138. The van der Waals surface area contributed by atoms with Gasteiger partial charge in [0.2, 0.25) is 0 Å². The molecule has 6 rings (SSSR count). The second kappa shape index (κ2) is 15.0. The first-order valence-electron chi connectivity index (χ1n) is 17.9. The van der Waals surface area contributed by atoms with Crippen LogP contribution in [0.2, 0.25) is 13.1 Å². The van der Waals surface area contributed by atoms with Crippen LogP contribution in [-0.2, 0) is 23.7 Å². The Morgan fingerprint density at radius 2 is 0.857 bits per heavy atom. The van der Waals surface area contributed by atoms with Crippen molar-refractivity contribution in [2.75, 3.05) is 0 Å². The first-order chi connectivity index (χ1) is 22.3. The van der Waals surface area contributed by atoms with Crippen molar-refractivity contribution in [3.8, 4) is 22.3 Å². The molecule has 0 saturated heterocycles. The topological polar surface area (TPSA) is 0 Å². The van der Waals surface area contributed by atoms with E-state index in [4.69, 9.17) is 0 Å². The van der Waals surface area contributed by atoms with Crippen LogP contribution in [0.3, 0.4) is 0 Å². The Morgan fingerprint density at radius 1 is 0.510 bits per heavy atom. The Hall–Kier alpha value is -2.49. The van der Waals surface area contributed by atoms with Crippen molar-refractivity contribution in [2.45, 2.75) is 105 Å². The summed E-state index contributed by atoms with van der Waals surface area (Å²) in [5, 5.41) is 9.06. The normalized spacial score (nSPS) is 12.3. The monoisotopic (exact) mass is 648 g/mol. The minimum absolute atomic E-state index is 0. The van der Waals surface area contributed by atoms with E-state index in [9.17, 15) is 0 Å². The van der Waals surface area contributed by atoms with Crippen molar-refractivity contribution < 1.29 is 37.7 Å². The van der Waals surface area contributed by atoms with E-state index in [1.807, 2.05) is 0 Å². The molecule has 244 valence electrons. The molecule has 0 nitrogen and oxygen atoms in total. The predicted octanol–water partition coefficient (Wildman–Crippen LogP) is 6.10. The summed E-state index contributed by atoms with van der Waals surface area (Å²) in [4.78, 5) is 0. The number of hydrogen-bond donors (Lipinski definition) is 0. The van der Waals surface area contributed by atoms with Crippen molar-refractivity contribution in [3.63, 3.8) is 0 Å². The maximum absolute atomic E-state index is 2.65. The van der Waals surface area contributed by atoms with Crippen molar-refractivity contribution in [1.82, 2.24) is 0 Å². The zero-order valence-electron chi connectivity index (χ0n) is 32.6. The molecule has 0 aliphatic carbocycles. The van der Waals surface area contributed by atoms with Crippen LogP contribution in [0.25, 0.3) is 43.8 Å². The van der Waals surface area contributed by atoms with E-state index in [2.05, 4.69) is 166 Å². The first-order valence-corrected chi connectivity index (χ1v) is 20.9. The molecule has 0 aliphatic rings. The first kappa shape index (κ1) is 39.3. The van der Waals surface area contributed by atoms with Crippen molar-refractivity contribution in [3.05, 3.63) is 119 Å². The molecule has 49 heavy (non-hydrogen) atoms. The molecule has 0 unspecified atom stereocenters. The number of fused-ring (bicyclic) bond motifs is 2. The summed E-state index contributed by atoms with van der Waals surface area (Å²) in [5.41, 5.74) is 11.6. The van der Waals surface area contributed by atoms with E-state index in [0.29, 0.717) is 0 Å². The van der Waals surface area contributed by atoms with Crippen LogP contribution < -0.4 is 48.1 Å². The van der Waals surface area contributed by atoms with Gasteiger partial charge in [0.1, 0.15) is 0 Å². The van der Waals surface area contributed by atoms with Gasteiger partial charge in [-0.1, -0.05) is 153 Å². The molecule has 6 aromatic rings. The molecule has 0 atom stereocenters. The summed E-state index contributed by atoms with van der Waals surface area (Å²) >= 11 is 0. The minimum atomic E-state index is -2.25. The SMILES string of the molecule is CCCc1[cH-]c2cccc(-c3ccc(C(C)(C)C)cc3)c2c1[Si](C)(C)c1c(CCC)[cH-]c2cccc(-c3ccc(C(C)(C)C)cc3)c12.[Li+].[Li+]. The minimum Gasteiger partial charge on any atom is -0.158 e. The Morgan fingerprint density at radius 3 is 1.16 bits per heavy atom. The number of benzene rings is 4. The van der Waals surface area contributed by atoms with Crippen LogP contribution in [0.4, 0.5) is 0 Å². The third-order valence-electron chi connectivity index (χ3n) is 10.4. The van der Waals surface area contributed by atoms with Gasteiger partial charge in [-0.2, -0.15) is 10.4 Å². The second-order valence-electron chi connectivity index (χ2n) is 16.4. The van der Waals surface area contributed by atoms with E-state index in [1.54, 1.807) is 21.5 Å². The van der Waals surface area contributed by atoms with Crippen LogP contribution >= 0.6 is 0 Å². The smallest absolute Gasteiger partial charge is 0.158 e. The van der Waals surface area contributed by atoms with Crippen LogP contribution in [0.15, 0.2) is 97.1 Å². The van der Waals surface area contributed by atoms with Gasteiger partial charge in [-0.3, -0.25) is 0 Å².